The van der Waals surface area contributed by atoms with Gasteiger partial charge in [0.25, 0.3) is 0 Å². The van der Waals surface area contributed by atoms with Gasteiger partial charge >= 0.3 is 0 Å². The fraction of sp³-hybridized carbons (Fsp3) is 0.133. The van der Waals surface area contributed by atoms with Crippen molar-refractivity contribution in [2.24, 2.45) is 4.99 Å². The first-order valence-electron chi connectivity index (χ1n) is 5.77. The SMILES string of the molecule is CCc1ccc(N=Cc2c(Cl)cccc2Cl)cc1. The van der Waals surface area contributed by atoms with Crippen LogP contribution in [0.1, 0.15) is 18.1 Å². The van der Waals surface area contributed by atoms with E-state index in [1.54, 1.807) is 18.3 Å². The lowest BCUT2D eigenvalue weighted by atomic mass is 10.1. The molecule has 0 N–H and O–H groups in total. The average molecular weight is 278 g/mol. The zero-order valence-electron chi connectivity index (χ0n) is 10.0. The highest BCUT2D eigenvalue weighted by molar-refractivity contribution is 6.38. The second kappa shape index (κ2) is 6.03. The number of hydrogen-bond acceptors (Lipinski definition) is 1. The van der Waals surface area contributed by atoms with E-state index >= 15 is 0 Å². The predicted octanol–water partition coefficient (Wildman–Crippen LogP) is 5.31. The molecule has 0 spiro atoms. The van der Waals surface area contributed by atoms with Crippen LogP contribution in [0.3, 0.4) is 0 Å². The van der Waals surface area contributed by atoms with E-state index in [4.69, 9.17) is 23.2 Å². The molecule has 0 aliphatic carbocycles. The van der Waals surface area contributed by atoms with Gasteiger partial charge in [0.1, 0.15) is 0 Å². The van der Waals surface area contributed by atoms with Crippen LogP contribution in [0.25, 0.3) is 0 Å². The van der Waals surface area contributed by atoms with E-state index in [-0.39, 0.29) is 0 Å². The van der Waals surface area contributed by atoms with Gasteiger partial charge in [-0.15, -0.1) is 0 Å². The standard InChI is InChI=1S/C15H13Cl2N/c1-2-11-6-8-12(9-7-11)18-10-13-14(16)4-3-5-15(13)17/h3-10H,2H2,1H3. The van der Waals surface area contributed by atoms with Gasteiger partial charge in [0, 0.05) is 11.8 Å². The molecule has 92 valence electrons. The summed E-state index contributed by atoms with van der Waals surface area (Å²) in [4.78, 5) is 4.38. The molecule has 0 atom stereocenters. The molecular formula is C15H13Cl2N. The minimum absolute atomic E-state index is 0.608. The van der Waals surface area contributed by atoms with Gasteiger partial charge in [-0.1, -0.05) is 48.3 Å². The molecule has 0 saturated heterocycles. The summed E-state index contributed by atoms with van der Waals surface area (Å²) in [7, 11) is 0. The average Bonchev–Trinajstić information content (AvgIpc) is 2.39. The highest BCUT2D eigenvalue weighted by Gasteiger charge is 2.01. The molecular weight excluding hydrogens is 265 g/mol. The zero-order chi connectivity index (χ0) is 13.0. The highest BCUT2D eigenvalue weighted by Crippen LogP contribution is 2.23. The predicted molar refractivity (Wildman–Crippen MR) is 79.5 cm³/mol. The van der Waals surface area contributed by atoms with E-state index < -0.39 is 0 Å². The summed E-state index contributed by atoms with van der Waals surface area (Å²) in [5.74, 6) is 0. The zero-order valence-corrected chi connectivity index (χ0v) is 11.5. The van der Waals surface area contributed by atoms with Crippen molar-refractivity contribution < 1.29 is 0 Å². The van der Waals surface area contributed by atoms with Crippen LogP contribution in [-0.4, -0.2) is 6.21 Å². The minimum Gasteiger partial charge on any atom is -0.256 e. The maximum absolute atomic E-state index is 6.07. The Labute approximate surface area is 117 Å². The molecule has 0 amide bonds. The van der Waals surface area contributed by atoms with Gasteiger partial charge in [0.15, 0.2) is 0 Å². The normalized spacial score (nSPS) is 11.1. The Morgan fingerprint density at radius 1 is 1.00 bits per heavy atom. The molecule has 18 heavy (non-hydrogen) atoms. The van der Waals surface area contributed by atoms with Crippen molar-refractivity contribution in [1.29, 1.82) is 0 Å². The Morgan fingerprint density at radius 2 is 1.61 bits per heavy atom. The lowest BCUT2D eigenvalue weighted by molar-refractivity contribution is 1.14. The number of nitrogens with zero attached hydrogens (tertiary/aromatic N) is 1. The van der Waals surface area contributed by atoms with E-state index in [2.05, 4.69) is 24.0 Å². The molecule has 0 aromatic heterocycles. The molecule has 1 nitrogen and oxygen atoms in total. The lowest BCUT2D eigenvalue weighted by Gasteiger charge is -2.01. The van der Waals surface area contributed by atoms with E-state index in [0.29, 0.717) is 10.0 Å². The third-order valence-electron chi connectivity index (χ3n) is 2.69. The first kappa shape index (κ1) is 13.1. The summed E-state index contributed by atoms with van der Waals surface area (Å²) in [5.41, 5.74) is 2.94. The summed E-state index contributed by atoms with van der Waals surface area (Å²) in [6.45, 7) is 2.13. The largest absolute Gasteiger partial charge is 0.256 e. The van der Waals surface area contributed by atoms with E-state index in [1.165, 1.54) is 5.56 Å². The van der Waals surface area contributed by atoms with Crippen molar-refractivity contribution in [3.8, 4) is 0 Å². The second-order valence-electron chi connectivity index (χ2n) is 3.91. The van der Waals surface area contributed by atoms with Crippen molar-refractivity contribution in [2.75, 3.05) is 0 Å². The summed E-state index contributed by atoms with van der Waals surface area (Å²) in [6, 6.07) is 13.5. The second-order valence-corrected chi connectivity index (χ2v) is 4.73. The van der Waals surface area contributed by atoms with Crippen molar-refractivity contribution in [3.63, 3.8) is 0 Å². The molecule has 0 fully saturated rings. The summed E-state index contributed by atoms with van der Waals surface area (Å²) in [5, 5.41) is 1.22. The molecule has 2 rings (SSSR count). The highest BCUT2D eigenvalue weighted by atomic mass is 35.5. The molecule has 3 heteroatoms. The molecule has 0 saturated carbocycles. The fourth-order valence-electron chi connectivity index (χ4n) is 1.59. The van der Waals surface area contributed by atoms with Crippen LogP contribution in [-0.2, 0) is 6.42 Å². The smallest absolute Gasteiger partial charge is 0.0630 e. The maximum atomic E-state index is 6.07. The number of aliphatic imine (C=N–C) groups is 1. The Bertz CT molecular complexity index is 539. The first-order valence-corrected chi connectivity index (χ1v) is 6.53. The number of benzene rings is 2. The molecule has 0 aliphatic rings. The van der Waals surface area contributed by atoms with E-state index in [0.717, 1.165) is 17.7 Å². The molecule has 0 unspecified atom stereocenters. The number of hydrogen-bond donors (Lipinski definition) is 0. The quantitative estimate of drug-likeness (QED) is 0.675. The third kappa shape index (κ3) is 3.12. The molecule has 0 radical (unpaired) electrons. The van der Waals surface area contributed by atoms with Crippen LogP contribution < -0.4 is 0 Å². The first-order chi connectivity index (χ1) is 8.70. The van der Waals surface area contributed by atoms with Crippen molar-refractivity contribution >= 4 is 35.1 Å². The van der Waals surface area contributed by atoms with Crippen molar-refractivity contribution in [1.82, 2.24) is 0 Å². The Morgan fingerprint density at radius 3 is 2.17 bits per heavy atom. The Hall–Kier alpha value is -1.31. The van der Waals surface area contributed by atoms with Gasteiger partial charge in [0.05, 0.1) is 15.7 Å². The van der Waals surface area contributed by atoms with Gasteiger partial charge in [-0.05, 0) is 36.2 Å². The molecule has 0 aliphatic heterocycles. The van der Waals surface area contributed by atoms with Gasteiger partial charge in [-0.3, -0.25) is 4.99 Å². The van der Waals surface area contributed by atoms with Gasteiger partial charge in [-0.2, -0.15) is 0 Å². The molecule has 0 bridgehead atoms. The maximum Gasteiger partial charge on any atom is 0.0630 e. The lowest BCUT2D eigenvalue weighted by Crippen LogP contribution is -1.84. The van der Waals surface area contributed by atoms with Crippen LogP contribution in [0, 0.1) is 0 Å². The van der Waals surface area contributed by atoms with Crippen LogP contribution in [0.2, 0.25) is 10.0 Å². The Balaban J connectivity index is 2.24. The molecule has 2 aromatic carbocycles. The number of aryl methyl sites for hydroxylation is 1. The summed E-state index contributed by atoms with van der Waals surface area (Å²) < 4.78 is 0. The van der Waals surface area contributed by atoms with Gasteiger partial charge in [0.2, 0.25) is 0 Å². The topological polar surface area (TPSA) is 12.4 Å². The monoisotopic (exact) mass is 277 g/mol. The van der Waals surface area contributed by atoms with Gasteiger partial charge < -0.3 is 0 Å². The number of rotatable bonds is 3. The van der Waals surface area contributed by atoms with Crippen LogP contribution in [0.15, 0.2) is 47.5 Å². The Kier molecular flexibility index (Phi) is 4.40. The van der Waals surface area contributed by atoms with E-state index in [9.17, 15) is 0 Å². The summed E-state index contributed by atoms with van der Waals surface area (Å²) >= 11 is 12.1. The fourth-order valence-corrected chi connectivity index (χ4v) is 2.09. The molecule has 2 aromatic rings. The van der Waals surface area contributed by atoms with Crippen molar-refractivity contribution in [2.45, 2.75) is 13.3 Å². The van der Waals surface area contributed by atoms with Crippen LogP contribution in [0.4, 0.5) is 5.69 Å². The van der Waals surface area contributed by atoms with Crippen LogP contribution in [0.5, 0.6) is 0 Å². The van der Waals surface area contributed by atoms with Crippen molar-refractivity contribution in [3.05, 3.63) is 63.6 Å². The minimum atomic E-state index is 0.608. The summed E-state index contributed by atoms with van der Waals surface area (Å²) in [6.07, 6.45) is 2.73. The van der Waals surface area contributed by atoms with Crippen LogP contribution >= 0.6 is 23.2 Å². The third-order valence-corrected chi connectivity index (χ3v) is 3.35. The van der Waals surface area contributed by atoms with E-state index in [1.807, 2.05) is 18.2 Å². The molecule has 0 heterocycles. The number of halogens is 2. The van der Waals surface area contributed by atoms with Gasteiger partial charge in [-0.25, -0.2) is 0 Å².